The van der Waals surface area contributed by atoms with Crippen LogP contribution in [0.1, 0.15) is 25.5 Å². The zero-order chi connectivity index (χ0) is 12.6. The molecule has 17 heavy (non-hydrogen) atoms. The molecule has 0 radical (unpaired) electrons. The molecule has 1 N–H and O–H groups in total. The number of hydrogen-bond acceptors (Lipinski definition) is 3. The van der Waals surface area contributed by atoms with Crippen molar-refractivity contribution in [1.82, 2.24) is 4.90 Å². The van der Waals surface area contributed by atoms with Crippen molar-refractivity contribution in [2.24, 2.45) is 0 Å². The van der Waals surface area contributed by atoms with E-state index >= 15 is 0 Å². The lowest BCUT2D eigenvalue weighted by Crippen LogP contribution is -2.38. The van der Waals surface area contributed by atoms with Gasteiger partial charge in [-0.25, -0.2) is 0 Å². The van der Waals surface area contributed by atoms with Crippen LogP contribution in [0.2, 0.25) is 0 Å². The number of benzene rings is 1. The van der Waals surface area contributed by atoms with Gasteiger partial charge in [-0.1, -0.05) is 18.2 Å². The van der Waals surface area contributed by atoms with E-state index in [-0.39, 0.29) is 6.04 Å². The fraction of sp³-hybridized carbons (Fsp3) is 0.429. The molecule has 0 fully saturated rings. The minimum absolute atomic E-state index is 0.0915. The monoisotopic (exact) mass is 233 g/mol. The van der Waals surface area contributed by atoms with Gasteiger partial charge in [0.2, 0.25) is 0 Å². The van der Waals surface area contributed by atoms with Crippen LogP contribution in [0.15, 0.2) is 34.9 Å². The van der Waals surface area contributed by atoms with Gasteiger partial charge in [0.25, 0.3) is 0 Å². The lowest BCUT2D eigenvalue weighted by Gasteiger charge is -2.34. The fourth-order valence-corrected chi connectivity index (χ4v) is 2.50. The number of para-hydroxylation sites is 1. The zero-order valence-electron chi connectivity index (χ0n) is 10.8. The highest BCUT2D eigenvalue weighted by molar-refractivity contribution is 5.81. The summed E-state index contributed by atoms with van der Waals surface area (Å²) in [6, 6.07) is 7.81. The summed E-state index contributed by atoms with van der Waals surface area (Å²) in [6.45, 7) is 3.64. The van der Waals surface area contributed by atoms with Gasteiger partial charge in [-0.2, -0.15) is 0 Å². The van der Waals surface area contributed by atoms with Crippen LogP contribution < -0.4 is 0 Å². The van der Waals surface area contributed by atoms with E-state index < -0.39 is 5.60 Å². The van der Waals surface area contributed by atoms with Crippen LogP contribution in [-0.2, 0) is 0 Å². The van der Waals surface area contributed by atoms with Gasteiger partial charge in [-0.05, 0) is 34.0 Å². The average Bonchev–Trinajstić information content (AvgIpc) is 2.60. The molecule has 0 bridgehead atoms. The maximum Gasteiger partial charge on any atom is 0.134 e. The van der Waals surface area contributed by atoms with Gasteiger partial charge in [0, 0.05) is 10.9 Å². The molecule has 1 heterocycles. The Morgan fingerprint density at radius 3 is 2.47 bits per heavy atom. The standard InChI is InChI=1S/C14H19NO2/c1-14(2,16)13(15(3)4)11-9-17-12-8-6-5-7-10(11)12/h5-9,13,16H,1-4H3. The third kappa shape index (κ3) is 2.21. The van der Waals surface area contributed by atoms with Gasteiger partial charge in [-0.3, -0.25) is 4.90 Å². The van der Waals surface area contributed by atoms with Gasteiger partial charge in [0.05, 0.1) is 17.9 Å². The van der Waals surface area contributed by atoms with E-state index in [9.17, 15) is 5.11 Å². The zero-order valence-corrected chi connectivity index (χ0v) is 10.8. The smallest absolute Gasteiger partial charge is 0.134 e. The summed E-state index contributed by atoms with van der Waals surface area (Å²) in [5.74, 6) is 0. The van der Waals surface area contributed by atoms with Gasteiger partial charge in [0.15, 0.2) is 0 Å². The first-order chi connectivity index (χ1) is 7.91. The Bertz CT molecular complexity index is 508. The van der Waals surface area contributed by atoms with Crippen LogP contribution in [0.3, 0.4) is 0 Å². The van der Waals surface area contributed by atoms with E-state index in [1.54, 1.807) is 6.26 Å². The summed E-state index contributed by atoms with van der Waals surface area (Å²) in [4.78, 5) is 2.01. The van der Waals surface area contributed by atoms with Crippen LogP contribution in [0.25, 0.3) is 11.0 Å². The molecule has 1 atom stereocenters. The van der Waals surface area contributed by atoms with Crippen LogP contribution in [-0.4, -0.2) is 29.7 Å². The number of nitrogens with zero attached hydrogens (tertiary/aromatic N) is 1. The van der Waals surface area contributed by atoms with Crippen LogP contribution in [0.4, 0.5) is 0 Å². The molecule has 92 valence electrons. The van der Waals surface area contributed by atoms with Crippen molar-refractivity contribution in [2.45, 2.75) is 25.5 Å². The Morgan fingerprint density at radius 1 is 1.24 bits per heavy atom. The van der Waals surface area contributed by atoms with Crippen LogP contribution >= 0.6 is 0 Å². The summed E-state index contributed by atoms with van der Waals surface area (Å²) in [7, 11) is 3.93. The lowest BCUT2D eigenvalue weighted by molar-refractivity contribution is -0.00287. The molecule has 2 aromatic rings. The molecule has 0 spiro atoms. The van der Waals surface area contributed by atoms with E-state index in [1.165, 1.54) is 0 Å². The lowest BCUT2D eigenvalue weighted by atomic mass is 9.91. The number of fused-ring (bicyclic) bond motifs is 1. The molecule has 1 unspecified atom stereocenters. The quantitative estimate of drug-likeness (QED) is 0.885. The number of aliphatic hydroxyl groups is 1. The molecule has 0 aliphatic carbocycles. The number of furan rings is 1. The maximum atomic E-state index is 10.3. The van der Waals surface area contributed by atoms with E-state index in [0.29, 0.717) is 0 Å². The highest BCUT2D eigenvalue weighted by atomic mass is 16.3. The van der Waals surface area contributed by atoms with Gasteiger partial charge in [0.1, 0.15) is 5.58 Å². The number of likely N-dealkylation sites (N-methyl/N-ethyl adjacent to an activating group) is 1. The second-order valence-corrected chi connectivity index (χ2v) is 5.21. The van der Waals surface area contributed by atoms with E-state index in [2.05, 4.69) is 0 Å². The molecule has 3 nitrogen and oxygen atoms in total. The second-order valence-electron chi connectivity index (χ2n) is 5.21. The molecule has 0 aliphatic rings. The van der Waals surface area contributed by atoms with Crippen molar-refractivity contribution in [3.05, 3.63) is 36.1 Å². The average molecular weight is 233 g/mol. The summed E-state index contributed by atoms with van der Waals surface area (Å²) in [5.41, 5.74) is 1.06. The van der Waals surface area contributed by atoms with E-state index in [4.69, 9.17) is 4.42 Å². The predicted octanol–water partition coefficient (Wildman–Crippen LogP) is 2.81. The van der Waals surface area contributed by atoms with Crippen LogP contribution in [0.5, 0.6) is 0 Å². The molecule has 0 saturated carbocycles. The molecule has 3 heteroatoms. The largest absolute Gasteiger partial charge is 0.464 e. The molecule has 0 amide bonds. The Morgan fingerprint density at radius 2 is 1.88 bits per heavy atom. The minimum atomic E-state index is -0.823. The predicted molar refractivity (Wildman–Crippen MR) is 68.9 cm³/mol. The van der Waals surface area contributed by atoms with Crippen molar-refractivity contribution in [3.8, 4) is 0 Å². The van der Waals surface area contributed by atoms with Crippen molar-refractivity contribution < 1.29 is 9.52 Å². The van der Waals surface area contributed by atoms with E-state index in [0.717, 1.165) is 16.5 Å². The molecule has 1 aromatic heterocycles. The third-order valence-corrected chi connectivity index (χ3v) is 2.99. The normalized spacial score (nSPS) is 14.5. The molecule has 0 saturated heterocycles. The van der Waals surface area contributed by atoms with Crippen LogP contribution in [0, 0.1) is 0 Å². The molecule has 2 rings (SSSR count). The Kier molecular flexibility index (Phi) is 2.98. The highest BCUT2D eigenvalue weighted by Crippen LogP contribution is 2.35. The summed E-state index contributed by atoms with van der Waals surface area (Å²) in [5, 5.41) is 11.4. The van der Waals surface area contributed by atoms with E-state index in [1.807, 2.05) is 57.1 Å². The number of rotatable bonds is 3. The van der Waals surface area contributed by atoms with Gasteiger partial charge in [-0.15, -0.1) is 0 Å². The summed E-state index contributed by atoms with van der Waals surface area (Å²) >= 11 is 0. The molecular weight excluding hydrogens is 214 g/mol. The Hall–Kier alpha value is -1.32. The molecule has 1 aromatic carbocycles. The highest BCUT2D eigenvalue weighted by Gasteiger charge is 2.32. The third-order valence-electron chi connectivity index (χ3n) is 2.99. The number of hydrogen-bond donors (Lipinski definition) is 1. The van der Waals surface area contributed by atoms with Crippen molar-refractivity contribution >= 4 is 11.0 Å². The summed E-state index contributed by atoms with van der Waals surface area (Å²) in [6.07, 6.45) is 1.74. The molecular formula is C14H19NO2. The van der Waals surface area contributed by atoms with Crippen molar-refractivity contribution in [3.63, 3.8) is 0 Å². The second kappa shape index (κ2) is 4.17. The summed E-state index contributed by atoms with van der Waals surface area (Å²) < 4.78 is 5.54. The SMILES string of the molecule is CN(C)C(c1coc2ccccc12)C(C)(C)O. The van der Waals surface area contributed by atoms with Gasteiger partial charge < -0.3 is 9.52 Å². The maximum absolute atomic E-state index is 10.3. The Labute approximate surface area is 102 Å². The molecule has 0 aliphatic heterocycles. The van der Waals surface area contributed by atoms with Crippen molar-refractivity contribution in [2.75, 3.05) is 14.1 Å². The first kappa shape index (κ1) is 12.1. The van der Waals surface area contributed by atoms with Gasteiger partial charge >= 0.3 is 0 Å². The first-order valence-electron chi connectivity index (χ1n) is 5.76. The Balaban J connectivity index is 2.57. The van der Waals surface area contributed by atoms with Crippen molar-refractivity contribution in [1.29, 1.82) is 0 Å². The first-order valence-corrected chi connectivity index (χ1v) is 5.76. The minimum Gasteiger partial charge on any atom is -0.464 e. The fourth-order valence-electron chi connectivity index (χ4n) is 2.50. The topological polar surface area (TPSA) is 36.6 Å².